The summed E-state index contributed by atoms with van der Waals surface area (Å²) in [5.74, 6) is 0.960. The fourth-order valence-corrected chi connectivity index (χ4v) is 1.94. The van der Waals surface area contributed by atoms with Crippen LogP contribution in [0.2, 0.25) is 0 Å². The highest BCUT2D eigenvalue weighted by Crippen LogP contribution is 2.13. The Morgan fingerprint density at radius 3 is 2.12 bits per heavy atom. The molecule has 0 spiro atoms. The molecule has 0 aromatic heterocycles. The Balaban J connectivity index is 3.90. The van der Waals surface area contributed by atoms with Crippen LogP contribution in [0.1, 0.15) is 46.5 Å². The topological polar surface area (TPSA) is 41.1 Å². The van der Waals surface area contributed by atoms with Gasteiger partial charge in [0.2, 0.25) is 5.91 Å². The van der Waals surface area contributed by atoms with Gasteiger partial charge >= 0.3 is 0 Å². The molecule has 0 rings (SSSR count). The third-order valence-corrected chi connectivity index (χ3v) is 2.82. The minimum absolute atomic E-state index is 0.219. The second-order valence-corrected chi connectivity index (χ2v) is 4.68. The van der Waals surface area contributed by atoms with Crippen molar-refractivity contribution < 1.29 is 4.79 Å². The zero-order valence-corrected chi connectivity index (χ0v) is 11.3. The second kappa shape index (κ2) is 9.64. The average molecular weight is 228 g/mol. The predicted octanol–water partition coefficient (Wildman–Crippen LogP) is 2.17. The van der Waals surface area contributed by atoms with Crippen LogP contribution >= 0.6 is 0 Å². The third-order valence-electron chi connectivity index (χ3n) is 2.82. The molecular formula is C13H28N2O. The summed E-state index contributed by atoms with van der Waals surface area (Å²) >= 11 is 0. The molecule has 3 heteroatoms. The first-order valence-corrected chi connectivity index (χ1v) is 6.57. The molecule has 0 saturated heterocycles. The Kier molecular flexibility index (Phi) is 9.30. The summed E-state index contributed by atoms with van der Waals surface area (Å²) in [7, 11) is 1.94. The van der Waals surface area contributed by atoms with Gasteiger partial charge in [-0.15, -0.1) is 0 Å². The second-order valence-electron chi connectivity index (χ2n) is 4.68. The van der Waals surface area contributed by atoms with Gasteiger partial charge in [0.25, 0.3) is 0 Å². The lowest BCUT2D eigenvalue weighted by Gasteiger charge is -2.17. The lowest BCUT2D eigenvalue weighted by Crippen LogP contribution is -2.36. The highest BCUT2D eigenvalue weighted by molar-refractivity contribution is 5.78. The van der Waals surface area contributed by atoms with Crippen LogP contribution in [-0.4, -0.2) is 26.0 Å². The van der Waals surface area contributed by atoms with Crippen molar-refractivity contribution in [3.05, 3.63) is 0 Å². The van der Waals surface area contributed by atoms with Gasteiger partial charge in [0.15, 0.2) is 0 Å². The van der Waals surface area contributed by atoms with Crippen molar-refractivity contribution in [1.82, 2.24) is 10.6 Å². The number of amides is 1. The SMILES string of the molecule is CCCC(CCC)C(=O)NCC(C)CNC. The van der Waals surface area contributed by atoms with Gasteiger partial charge in [-0.25, -0.2) is 0 Å². The van der Waals surface area contributed by atoms with E-state index in [1.54, 1.807) is 0 Å². The standard InChI is InChI=1S/C13H28N2O/c1-5-7-12(8-6-2)13(16)15-10-11(3)9-14-4/h11-12,14H,5-10H2,1-4H3,(H,15,16). The Morgan fingerprint density at radius 1 is 1.12 bits per heavy atom. The molecule has 1 unspecified atom stereocenters. The Hall–Kier alpha value is -0.570. The third kappa shape index (κ3) is 6.83. The fraction of sp³-hybridized carbons (Fsp3) is 0.923. The summed E-state index contributed by atoms with van der Waals surface area (Å²) in [5, 5.41) is 6.18. The zero-order valence-electron chi connectivity index (χ0n) is 11.3. The summed E-state index contributed by atoms with van der Waals surface area (Å²) in [5.41, 5.74) is 0. The number of hydrogen-bond donors (Lipinski definition) is 2. The van der Waals surface area contributed by atoms with E-state index in [-0.39, 0.29) is 11.8 Å². The summed E-state index contributed by atoms with van der Waals surface area (Å²) in [6.07, 6.45) is 4.20. The van der Waals surface area contributed by atoms with Gasteiger partial charge in [0.1, 0.15) is 0 Å². The maximum Gasteiger partial charge on any atom is 0.223 e. The lowest BCUT2D eigenvalue weighted by atomic mass is 9.97. The quantitative estimate of drug-likeness (QED) is 0.635. The Labute approximate surface area is 100 Å². The first kappa shape index (κ1) is 15.4. The number of carbonyl (C=O) groups is 1. The van der Waals surface area contributed by atoms with Crippen molar-refractivity contribution in [1.29, 1.82) is 0 Å². The van der Waals surface area contributed by atoms with Gasteiger partial charge in [-0.2, -0.15) is 0 Å². The Bertz CT molecular complexity index is 177. The zero-order chi connectivity index (χ0) is 12.4. The predicted molar refractivity (Wildman–Crippen MR) is 69.4 cm³/mol. The molecule has 0 aromatic carbocycles. The van der Waals surface area contributed by atoms with Gasteiger partial charge in [-0.3, -0.25) is 4.79 Å². The molecule has 3 nitrogen and oxygen atoms in total. The molecule has 2 N–H and O–H groups in total. The van der Waals surface area contributed by atoms with Crippen molar-refractivity contribution in [2.24, 2.45) is 11.8 Å². The van der Waals surface area contributed by atoms with Crippen molar-refractivity contribution >= 4 is 5.91 Å². The number of rotatable bonds is 9. The lowest BCUT2D eigenvalue weighted by molar-refractivity contribution is -0.125. The normalized spacial score (nSPS) is 12.8. The van der Waals surface area contributed by atoms with Gasteiger partial charge in [-0.1, -0.05) is 33.6 Å². The maximum absolute atomic E-state index is 11.9. The largest absolute Gasteiger partial charge is 0.356 e. The minimum atomic E-state index is 0.219. The monoisotopic (exact) mass is 228 g/mol. The van der Waals surface area contributed by atoms with Crippen molar-refractivity contribution in [3.63, 3.8) is 0 Å². The number of nitrogens with one attached hydrogen (secondary N) is 2. The van der Waals surface area contributed by atoms with Gasteiger partial charge < -0.3 is 10.6 Å². The molecule has 16 heavy (non-hydrogen) atoms. The van der Waals surface area contributed by atoms with E-state index in [0.717, 1.165) is 38.8 Å². The van der Waals surface area contributed by atoms with Crippen LogP contribution in [0.5, 0.6) is 0 Å². The van der Waals surface area contributed by atoms with E-state index in [4.69, 9.17) is 0 Å². The van der Waals surface area contributed by atoms with Crippen LogP contribution in [-0.2, 0) is 4.79 Å². The molecule has 0 saturated carbocycles. The van der Waals surface area contributed by atoms with Crippen LogP contribution in [0, 0.1) is 11.8 Å². The molecule has 0 aliphatic rings. The summed E-state index contributed by atoms with van der Waals surface area (Å²) in [6, 6.07) is 0. The van der Waals surface area contributed by atoms with E-state index in [1.807, 2.05) is 7.05 Å². The Morgan fingerprint density at radius 2 is 1.69 bits per heavy atom. The molecule has 0 heterocycles. The van der Waals surface area contributed by atoms with Crippen LogP contribution in [0.3, 0.4) is 0 Å². The van der Waals surface area contributed by atoms with Crippen LogP contribution in [0.15, 0.2) is 0 Å². The maximum atomic E-state index is 11.9. The summed E-state index contributed by atoms with van der Waals surface area (Å²) < 4.78 is 0. The van der Waals surface area contributed by atoms with Gasteiger partial charge in [-0.05, 0) is 32.4 Å². The average Bonchev–Trinajstić information content (AvgIpc) is 2.26. The molecule has 1 amide bonds. The molecule has 0 bridgehead atoms. The molecule has 0 aliphatic heterocycles. The van der Waals surface area contributed by atoms with Crippen LogP contribution in [0.4, 0.5) is 0 Å². The van der Waals surface area contributed by atoms with Crippen molar-refractivity contribution in [2.45, 2.75) is 46.5 Å². The van der Waals surface area contributed by atoms with E-state index in [9.17, 15) is 4.79 Å². The molecule has 0 radical (unpaired) electrons. The molecule has 0 aromatic rings. The van der Waals surface area contributed by atoms with Crippen molar-refractivity contribution in [2.75, 3.05) is 20.1 Å². The molecular weight excluding hydrogens is 200 g/mol. The minimum Gasteiger partial charge on any atom is -0.356 e. The smallest absolute Gasteiger partial charge is 0.223 e. The van der Waals surface area contributed by atoms with E-state index >= 15 is 0 Å². The van der Waals surface area contributed by atoms with Gasteiger partial charge in [0.05, 0.1) is 0 Å². The van der Waals surface area contributed by atoms with E-state index < -0.39 is 0 Å². The van der Waals surface area contributed by atoms with E-state index in [1.165, 1.54) is 0 Å². The first-order valence-electron chi connectivity index (χ1n) is 6.57. The molecule has 0 aliphatic carbocycles. The molecule has 0 fully saturated rings. The highest BCUT2D eigenvalue weighted by atomic mass is 16.1. The van der Waals surface area contributed by atoms with Crippen LogP contribution in [0.25, 0.3) is 0 Å². The molecule has 1 atom stereocenters. The van der Waals surface area contributed by atoms with E-state index in [0.29, 0.717) is 5.92 Å². The van der Waals surface area contributed by atoms with E-state index in [2.05, 4.69) is 31.4 Å². The van der Waals surface area contributed by atoms with Crippen LogP contribution < -0.4 is 10.6 Å². The summed E-state index contributed by atoms with van der Waals surface area (Å²) in [4.78, 5) is 11.9. The molecule has 96 valence electrons. The number of hydrogen-bond acceptors (Lipinski definition) is 2. The van der Waals surface area contributed by atoms with Crippen molar-refractivity contribution in [3.8, 4) is 0 Å². The van der Waals surface area contributed by atoms with Gasteiger partial charge in [0, 0.05) is 12.5 Å². The number of carbonyl (C=O) groups excluding carboxylic acids is 1. The first-order chi connectivity index (χ1) is 7.65. The summed E-state index contributed by atoms with van der Waals surface area (Å²) in [6.45, 7) is 8.15. The fourth-order valence-electron chi connectivity index (χ4n) is 1.94. The highest BCUT2D eigenvalue weighted by Gasteiger charge is 2.16.